The predicted octanol–water partition coefficient (Wildman–Crippen LogP) is -0.612. The van der Waals surface area contributed by atoms with E-state index in [2.05, 4.69) is 5.48 Å². The Morgan fingerprint density at radius 1 is 0.436 bits per heavy atom. The van der Waals surface area contributed by atoms with Crippen molar-refractivity contribution in [1.29, 1.82) is 0 Å². The molecule has 0 spiro atoms. The lowest BCUT2D eigenvalue weighted by Gasteiger charge is -2.23. The first kappa shape index (κ1) is 53.1. The number of nitrogens with two attached hydrogens (primary N) is 2. The first-order valence-corrected chi connectivity index (χ1v) is 19.0. The van der Waals surface area contributed by atoms with Crippen molar-refractivity contribution >= 4 is 12.0 Å². The average Bonchev–Trinajstić information content (AvgIpc) is 3.15. The van der Waals surface area contributed by atoms with Crippen LogP contribution in [0.1, 0.15) is 20.8 Å². The smallest absolute Gasteiger partial charge is 0.431 e. The minimum atomic E-state index is -0.683. The van der Waals surface area contributed by atoms with E-state index in [4.69, 9.17) is 77.9 Å². The highest BCUT2D eigenvalue weighted by atomic mass is 16.7. The predicted molar refractivity (Wildman–Crippen MR) is 200 cm³/mol. The van der Waals surface area contributed by atoms with E-state index in [9.17, 15) is 9.59 Å². The van der Waals surface area contributed by atoms with Crippen LogP contribution in [0.5, 0.6) is 0 Å². The van der Waals surface area contributed by atoms with Crippen molar-refractivity contribution in [3.05, 3.63) is 0 Å². The molecule has 20 heteroatoms. The van der Waals surface area contributed by atoms with E-state index in [0.29, 0.717) is 158 Å². The molecule has 0 aliphatic rings. The van der Waals surface area contributed by atoms with E-state index in [1.165, 1.54) is 0 Å². The van der Waals surface area contributed by atoms with E-state index >= 15 is 0 Å². The molecule has 0 aromatic carbocycles. The molecule has 0 bridgehead atoms. The minimum Gasteiger partial charge on any atom is -0.442 e. The van der Waals surface area contributed by atoms with Gasteiger partial charge in [-0.15, -0.1) is 0 Å². The highest BCUT2D eigenvalue weighted by molar-refractivity contribution is 5.77. The van der Waals surface area contributed by atoms with Gasteiger partial charge in [-0.3, -0.25) is 9.63 Å². The molecular formula is C35H72N4O16. The molecule has 0 aliphatic heterocycles. The summed E-state index contributed by atoms with van der Waals surface area (Å²) in [6, 6.07) is 0. The SMILES string of the molecule is CC(C)(C)OC(=O)NOCCOCCOCC(=O)N(CCOCCOCCOCCOCCOCCN)CCOCCOCCOCCOCCOCCN. The second-order valence-electron chi connectivity index (χ2n) is 12.2. The van der Waals surface area contributed by atoms with Crippen LogP contribution in [0.4, 0.5) is 4.79 Å². The van der Waals surface area contributed by atoms with Crippen LogP contribution in [0.15, 0.2) is 0 Å². The molecule has 0 aliphatic carbocycles. The summed E-state index contributed by atoms with van der Waals surface area (Å²) in [5.41, 5.74) is 12.3. The number of rotatable bonds is 43. The van der Waals surface area contributed by atoms with Crippen molar-refractivity contribution in [3.8, 4) is 0 Å². The number of amides is 2. The first-order chi connectivity index (χ1) is 26.8. The fraction of sp³-hybridized carbons (Fsp3) is 0.943. The molecule has 0 rings (SSSR count). The molecular weight excluding hydrogens is 732 g/mol. The van der Waals surface area contributed by atoms with Crippen molar-refractivity contribution in [2.75, 3.05) is 191 Å². The molecule has 0 aromatic heterocycles. The third-order valence-corrected chi connectivity index (χ3v) is 6.35. The van der Waals surface area contributed by atoms with Crippen LogP contribution in [-0.4, -0.2) is 214 Å². The van der Waals surface area contributed by atoms with E-state index in [-0.39, 0.29) is 38.9 Å². The number of hydrogen-bond donors (Lipinski definition) is 3. The Kier molecular flexibility index (Phi) is 40.4. The Hall–Kier alpha value is -1.86. The van der Waals surface area contributed by atoms with Gasteiger partial charge in [0, 0.05) is 26.2 Å². The lowest BCUT2D eigenvalue weighted by atomic mass is 10.2. The summed E-state index contributed by atoms with van der Waals surface area (Å²) in [6.07, 6.45) is -0.683. The lowest BCUT2D eigenvalue weighted by Crippen LogP contribution is -2.39. The van der Waals surface area contributed by atoms with Crippen LogP contribution in [0, 0.1) is 0 Å². The molecule has 55 heavy (non-hydrogen) atoms. The standard InChI is InChI=1S/C35H72N4O16/c1-35(2,3)55-34(41)38-54-31-30-52-28-29-53-32-33(40)39(6-10-44-14-18-48-22-26-50-24-20-46-16-12-42-8-4-36)7-11-45-15-19-49-23-27-51-25-21-47-17-13-43-9-5-37/h4-32,36-37H2,1-3H3,(H,38,41). The van der Waals surface area contributed by atoms with E-state index < -0.39 is 11.7 Å². The summed E-state index contributed by atoms with van der Waals surface area (Å²) in [6.45, 7) is 16.5. The summed E-state index contributed by atoms with van der Waals surface area (Å²) in [7, 11) is 0. The van der Waals surface area contributed by atoms with Crippen LogP contribution >= 0.6 is 0 Å². The van der Waals surface area contributed by atoms with E-state index in [1.807, 2.05) is 0 Å². The van der Waals surface area contributed by atoms with Gasteiger partial charge in [0.05, 0.1) is 159 Å². The molecule has 0 fully saturated rings. The van der Waals surface area contributed by atoms with Gasteiger partial charge >= 0.3 is 6.09 Å². The maximum Gasteiger partial charge on any atom is 0.431 e. The van der Waals surface area contributed by atoms with Gasteiger partial charge in [-0.2, -0.15) is 5.48 Å². The molecule has 20 nitrogen and oxygen atoms in total. The number of hydrogen-bond acceptors (Lipinski definition) is 18. The maximum absolute atomic E-state index is 12.9. The quantitative estimate of drug-likeness (QED) is 0.0516. The first-order valence-electron chi connectivity index (χ1n) is 19.0. The zero-order valence-electron chi connectivity index (χ0n) is 33.6. The van der Waals surface area contributed by atoms with Crippen molar-refractivity contribution in [2.24, 2.45) is 11.5 Å². The summed E-state index contributed by atoms with van der Waals surface area (Å²) in [5, 5.41) is 0. The molecule has 2 amide bonds. The van der Waals surface area contributed by atoms with Gasteiger partial charge in [-0.1, -0.05) is 0 Å². The number of nitrogens with one attached hydrogen (secondary N) is 1. The van der Waals surface area contributed by atoms with Crippen molar-refractivity contribution < 1.29 is 76.0 Å². The van der Waals surface area contributed by atoms with Crippen molar-refractivity contribution in [3.63, 3.8) is 0 Å². The number of ether oxygens (including phenoxy) is 13. The molecule has 0 unspecified atom stereocenters. The highest BCUT2D eigenvalue weighted by Gasteiger charge is 2.16. The van der Waals surface area contributed by atoms with Crippen LogP contribution in [0.25, 0.3) is 0 Å². The van der Waals surface area contributed by atoms with Gasteiger partial charge in [0.15, 0.2) is 0 Å². The molecule has 0 aromatic rings. The molecule has 0 saturated carbocycles. The van der Waals surface area contributed by atoms with Gasteiger partial charge in [0.25, 0.3) is 0 Å². The molecule has 0 saturated heterocycles. The van der Waals surface area contributed by atoms with Crippen LogP contribution in [-0.2, 0) is 71.2 Å². The van der Waals surface area contributed by atoms with E-state index in [1.54, 1.807) is 25.7 Å². The topological polar surface area (TPSA) is 231 Å². The Balaban J connectivity index is 4.15. The summed E-state index contributed by atoms with van der Waals surface area (Å²) < 4.78 is 70.6. The minimum absolute atomic E-state index is 0.120. The molecule has 328 valence electrons. The third kappa shape index (κ3) is 43.1. The lowest BCUT2D eigenvalue weighted by molar-refractivity contribution is -0.138. The molecule has 5 N–H and O–H groups in total. The highest BCUT2D eigenvalue weighted by Crippen LogP contribution is 2.06. The number of carbonyl (C=O) groups excluding carboxylic acids is 2. The van der Waals surface area contributed by atoms with Gasteiger partial charge in [0.2, 0.25) is 5.91 Å². The third-order valence-electron chi connectivity index (χ3n) is 6.35. The zero-order chi connectivity index (χ0) is 40.3. The summed E-state index contributed by atoms with van der Waals surface area (Å²) >= 11 is 0. The fourth-order valence-electron chi connectivity index (χ4n) is 3.82. The molecule has 0 atom stereocenters. The zero-order valence-corrected chi connectivity index (χ0v) is 33.6. The van der Waals surface area contributed by atoms with Crippen molar-refractivity contribution in [1.82, 2.24) is 10.4 Å². The Bertz CT molecular complexity index is 796. The van der Waals surface area contributed by atoms with Crippen molar-refractivity contribution in [2.45, 2.75) is 26.4 Å². The molecule has 0 radical (unpaired) electrons. The maximum atomic E-state index is 12.9. The van der Waals surface area contributed by atoms with Gasteiger partial charge in [0.1, 0.15) is 12.2 Å². The van der Waals surface area contributed by atoms with Gasteiger partial charge in [-0.05, 0) is 20.8 Å². The van der Waals surface area contributed by atoms with E-state index in [0.717, 1.165) is 0 Å². The number of hydroxylamine groups is 1. The van der Waals surface area contributed by atoms with Gasteiger partial charge < -0.3 is 77.9 Å². The fourth-order valence-corrected chi connectivity index (χ4v) is 3.82. The second-order valence-corrected chi connectivity index (χ2v) is 12.2. The van der Waals surface area contributed by atoms with Crippen LogP contribution in [0.3, 0.4) is 0 Å². The summed E-state index contributed by atoms with van der Waals surface area (Å²) in [4.78, 5) is 31.1. The Morgan fingerprint density at radius 3 is 1.05 bits per heavy atom. The molecule has 0 heterocycles. The largest absolute Gasteiger partial charge is 0.442 e. The number of nitrogens with zero attached hydrogens (tertiary/aromatic N) is 1. The van der Waals surface area contributed by atoms with Gasteiger partial charge in [-0.25, -0.2) is 4.79 Å². The Morgan fingerprint density at radius 2 is 0.727 bits per heavy atom. The van der Waals surface area contributed by atoms with Crippen LogP contribution < -0.4 is 16.9 Å². The second kappa shape index (κ2) is 41.8. The normalized spacial score (nSPS) is 11.7. The Labute approximate surface area is 327 Å². The number of carbonyl (C=O) groups is 2. The monoisotopic (exact) mass is 804 g/mol. The average molecular weight is 805 g/mol. The summed E-state index contributed by atoms with van der Waals surface area (Å²) in [5.74, 6) is -0.210. The van der Waals surface area contributed by atoms with Crippen LogP contribution in [0.2, 0.25) is 0 Å².